The van der Waals surface area contributed by atoms with Gasteiger partial charge in [0.15, 0.2) is 0 Å². The molecule has 13 nitrogen and oxygen atoms in total. The molecule has 1 saturated heterocycles. The Bertz CT molecular complexity index is 1890. The van der Waals surface area contributed by atoms with E-state index in [2.05, 4.69) is 48.7 Å². The number of H-pyrrole nitrogens is 1. The maximum Gasteiger partial charge on any atom is 0.330 e. The number of benzene rings is 2. The summed E-state index contributed by atoms with van der Waals surface area (Å²) in [5, 5.41) is 13.9. The lowest BCUT2D eigenvalue weighted by atomic mass is 9.92. The maximum absolute atomic E-state index is 12.9. The lowest BCUT2D eigenvalue weighted by molar-refractivity contribution is -0.120. The van der Waals surface area contributed by atoms with Crippen molar-refractivity contribution < 1.29 is 28.1 Å². The molecule has 2 unspecified atom stereocenters. The van der Waals surface area contributed by atoms with E-state index in [-0.39, 0.29) is 62.5 Å². The van der Waals surface area contributed by atoms with Gasteiger partial charge < -0.3 is 23.8 Å². The minimum atomic E-state index is -1.53. The Balaban J connectivity index is 0.00000784. The number of fused-ring (bicyclic) bond motifs is 1. The molecule has 0 radical (unpaired) electrons. The lowest BCUT2D eigenvalue weighted by Gasteiger charge is -2.37. The molecule has 2 N–H and O–H groups in total. The number of nitrogens with zero attached hydrogens (tertiary/aromatic N) is 3. The summed E-state index contributed by atoms with van der Waals surface area (Å²) >= 11 is 0. The summed E-state index contributed by atoms with van der Waals surface area (Å²) in [5.41, 5.74) is -0.248. The van der Waals surface area contributed by atoms with Crippen molar-refractivity contribution in [3.63, 3.8) is 0 Å². The van der Waals surface area contributed by atoms with Crippen LogP contribution < -0.4 is 21.3 Å². The molecule has 54 heavy (non-hydrogen) atoms. The van der Waals surface area contributed by atoms with Gasteiger partial charge >= 0.3 is 5.69 Å². The minimum absolute atomic E-state index is 0. The van der Waals surface area contributed by atoms with Gasteiger partial charge in [0.1, 0.15) is 17.8 Å². The summed E-state index contributed by atoms with van der Waals surface area (Å²) in [5.74, 6) is 0.118. The van der Waals surface area contributed by atoms with Crippen LogP contribution in [0.5, 0.6) is 5.75 Å². The highest BCUT2D eigenvalue weighted by molar-refractivity contribution is 7.44. The van der Waals surface area contributed by atoms with E-state index in [1.165, 1.54) is 22.9 Å². The summed E-state index contributed by atoms with van der Waals surface area (Å²) in [6.45, 7) is 12.6. The van der Waals surface area contributed by atoms with Gasteiger partial charge in [-0.3, -0.25) is 23.9 Å². The first-order valence-corrected chi connectivity index (χ1v) is 19.3. The van der Waals surface area contributed by atoms with Gasteiger partial charge in [0.2, 0.25) is 5.91 Å². The normalized spacial score (nSPS) is 18.2. The van der Waals surface area contributed by atoms with Crippen LogP contribution in [0.25, 0.3) is 16.8 Å². The van der Waals surface area contributed by atoms with Crippen LogP contribution >= 0.6 is 8.53 Å². The first-order chi connectivity index (χ1) is 25.4. The monoisotopic (exact) mass is 765 g/mol. The van der Waals surface area contributed by atoms with Gasteiger partial charge in [0, 0.05) is 49.7 Å². The average Bonchev–Trinajstić information content (AvgIpc) is 3.54. The molecule has 0 saturated carbocycles. The van der Waals surface area contributed by atoms with Crippen molar-refractivity contribution >= 4 is 37.1 Å². The summed E-state index contributed by atoms with van der Waals surface area (Å²) in [7, 11) is 0.0951. The van der Waals surface area contributed by atoms with Crippen molar-refractivity contribution in [1.29, 1.82) is 5.26 Å². The molecule has 1 aromatic heterocycles. The zero-order chi connectivity index (χ0) is 38.7. The number of ketones is 1. The van der Waals surface area contributed by atoms with Crippen molar-refractivity contribution in [2.45, 2.75) is 118 Å². The number of hydrogen-bond acceptors (Lipinski definition) is 10. The third kappa shape index (κ3) is 11.7. The van der Waals surface area contributed by atoms with E-state index < -0.39 is 38.0 Å². The number of nitriles is 1. The largest absolute Gasteiger partial charge is 0.497 e. The van der Waals surface area contributed by atoms with Crippen molar-refractivity contribution in [2.24, 2.45) is 0 Å². The van der Waals surface area contributed by atoms with Gasteiger partial charge in [-0.05, 0) is 75.1 Å². The maximum atomic E-state index is 12.9. The second kappa shape index (κ2) is 21.1. The van der Waals surface area contributed by atoms with Crippen LogP contribution in [-0.4, -0.2) is 70.5 Å². The predicted molar refractivity (Wildman–Crippen MR) is 212 cm³/mol. The Hall–Kier alpha value is -4.18. The average molecular weight is 766 g/mol. The summed E-state index contributed by atoms with van der Waals surface area (Å²) in [4.78, 5) is 53.5. The van der Waals surface area contributed by atoms with Crippen LogP contribution in [0.15, 0.2) is 58.3 Å². The smallest absolute Gasteiger partial charge is 0.330 e. The number of amides is 1. The molecule has 3 aromatic rings. The molecular formula is C40H56N5O8P. The van der Waals surface area contributed by atoms with E-state index in [0.717, 1.165) is 22.1 Å². The quantitative estimate of drug-likeness (QED) is 0.0740. The molecule has 2 aromatic carbocycles. The van der Waals surface area contributed by atoms with Gasteiger partial charge in [-0.2, -0.15) is 5.26 Å². The standard InChI is InChI=1S/C39H52N5O8P.CH4/c1-8-34-35(52-53(50-20-10-18-40)44(25(2)3)26(4)5)23-37(51-34)43-24-31(38(47)42-39(43)48)15-17-36(46)41-19-9-11-33(45)27(6)28-12-13-30-22-32(49-7)16-14-29(30)21-28;/h12-17,21-22,24-27,34-35,37H,8-11,19-20,23H2,1-7H3,(H,41,46)(H,42,47,48);1H4/b17-15+;/t27-,34+,35?,37+,53?;/m0./s1. The highest BCUT2D eigenvalue weighted by Crippen LogP contribution is 2.50. The SMILES string of the molecule is C.CC[C@H]1O[C@@H](n2cc(/C=C/C(=O)NCCCC(=O)[C@@H](C)c3ccc4cc(OC)ccc4c3)c(=O)[nH]c2=O)CC1OP(OCCC#N)N(C(C)C)C(C)C. The Morgan fingerprint density at radius 1 is 1.13 bits per heavy atom. The summed E-state index contributed by atoms with van der Waals surface area (Å²) in [6.07, 6.45) is 4.39. The number of rotatable bonds is 19. The predicted octanol–water partition coefficient (Wildman–Crippen LogP) is 6.98. The Labute approximate surface area is 319 Å². The zero-order valence-corrected chi connectivity index (χ0v) is 32.6. The third-order valence-electron chi connectivity index (χ3n) is 9.14. The molecule has 4 rings (SSSR count). The molecule has 0 bridgehead atoms. The molecule has 5 atom stereocenters. The number of aromatic nitrogens is 2. The van der Waals surface area contributed by atoms with Gasteiger partial charge in [-0.15, -0.1) is 0 Å². The van der Waals surface area contributed by atoms with Crippen LogP contribution in [0, 0.1) is 11.3 Å². The molecule has 0 spiro atoms. The molecule has 1 aliphatic heterocycles. The number of aromatic amines is 1. The molecule has 1 aliphatic rings. The number of carbonyl (C=O) groups is 2. The summed E-state index contributed by atoms with van der Waals surface area (Å²) < 4.78 is 27.6. The fraction of sp³-hybridized carbons (Fsp3) is 0.525. The van der Waals surface area contributed by atoms with Crippen molar-refractivity contribution in [1.82, 2.24) is 19.5 Å². The number of Topliss-reactive ketones (excluding diaryl/α,β-unsaturated/α-hetero) is 1. The van der Waals surface area contributed by atoms with Crippen molar-refractivity contribution in [3.8, 4) is 11.8 Å². The second-order valence-electron chi connectivity index (χ2n) is 13.6. The molecule has 0 aliphatic carbocycles. The zero-order valence-electron chi connectivity index (χ0n) is 31.7. The van der Waals surface area contributed by atoms with Crippen LogP contribution in [0.3, 0.4) is 0 Å². The van der Waals surface area contributed by atoms with Crippen LogP contribution in [0.4, 0.5) is 0 Å². The summed E-state index contributed by atoms with van der Waals surface area (Å²) in [6, 6.07) is 14.1. The van der Waals surface area contributed by atoms with Gasteiger partial charge in [-0.25, -0.2) is 9.46 Å². The van der Waals surface area contributed by atoms with Gasteiger partial charge in [0.25, 0.3) is 14.1 Å². The van der Waals surface area contributed by atoms with E-state index >= 15 is 0 Å². The van der Waals surface area contributed by atoms with Crippen molar-refractivity contribution in [3.05, 3.63) is 80.6 Å². The Kier molecular flexibility index (Phi) is 17.2. The fourth-order valence-electron chi connectivity index (χ4n) is 6.33. The number of nitrogens with one attached hydrogen (secondary N) is 2. The highest BCUT2D eigenvalue weighted by atomic mass is 31.2. The molecule has 1 amide bonds. The van der Waals surface area contributed by atoms with Crippen LogP contribution in [-0.2, 0) is 23.4 Å². The Morgan fingerprint density at radius 2 is 1.83 bits per heavy atom. The highest BCUT2D eigenvalue weighted by Gasteiger charge is 2.40. The molecule has 2 heterocycles. The molecule has 14 heteroatoms. The third-order valence-corrected chi connectivity index (χ3v) is 11.3. The van der Waals surface area contributed by atoms with E-state index in [1.807, 2.05) is 50.2 Å². The number of ether oxygens (including phenoxy) is 2. The second-order valence-corrected chi connectivity index (χ2v) is 15.0. The van der Waals surface area contributed by atoms with E-state index in [9.17, 15) is 19.2 Å². The fourth-order valence-corrected chi connectivity index (χ4v) is 8.09. The Morgan fingerprint density at radius 3 is 2.50 bits per heavy atom. The number of methoxy groups -OCH3 is 1. The number of carbonyl (C=O) groups excluding carboxylic acids is 2. The number of hydrogen-bond donors (Lipinski definition) is 2. The molecular weight excluding hydrogens is 709 g/mol. The first-order valence-electron chi connectivity index (χ1n) is 18.2. The minimum Gasteiger partial charge on any atom is -0.497 e. The van der Waals surface area contributed by atoms with Crippen molar-refractivity contribution in [2.75, 3.05) is 20.3 Å². The topological polar surface area (TPSA) is 165 Å². The molecule has 1 fully saturated rings. The van der Waals surface area contributed by atoms with Gasteiger partial charge in [0.05, 0.1) is 44.0 Å². The van der Waals surface area contributed by atoms with Gasteiger partial charge in [-0.1, -0.05) is 45.5 Å². The van der Waals surface area contributed by atoms with E-state index in [1.54, 1.807) is 7.11 Å². The van der Waals surface area contributed by atoms with E-state index in [4.69, 9.17) is 23.8 Å². The van der Waals surface area contributed by atoms with E-state index in [0.29, 0.717) is 25.7 Å². The molecule has 294 valence electrons. The van der Waals surface area contributed by atoms with Crippen LogP contribution in [0.2, 0.25) is 0 Å². The van der Waals surface area contributed by atoms with Crippen LogP contribution in [0.1, 0.15) is 104 Å². The first kappa shape index (κ1) is 44.2. The lowest BCUT2D eigenvalue weighted by Crippen LogP contribution is -2.35.